The van der Waals surface area contributed by atoms with Gasteiger partial charge in [0, 0.05) is 11.6 Å². The molecular weight excluding hydrogens is 338 g/mol. The zero-order valence-electron chi connectivity index (χ0n) is 13.7. The fourth-order valence-corrected chi connectivity index (χ4v) is 3.25. The highest BCUT2D eigenvalue weighted by molar-refractivity contribution is 7.18. The Labute approximate surface area is 149 Å². The average molecular weight is 355 g/mol. The van der Waals surface area contributed by atoms with E-state index in [0.717, 1.165) is 18.4 Å². The minimum atomic E-state index is -0.222. The van der Waals surface area contributed by atoms with Crippen molar-refractivity contribution < 1.29 is 14.3 Å². The van der Waals surface area contributed by atoms with Gasteiger partial charge in [0.15, 0.2) is 6.61 Å². The lowest BCUT2D eigenvalue weighted by Gasteiger charge is -2.06. The third-order valence-electron chi connectivity index (χ3n) is 3.73. The molecule has 7 heteroatoms. The quantitative estimate of drug-likeness (QED) is 0.829. The molecule has 0 bridgehead atoms. The summed E-state index contributed by atoms with van der Waals surface area (Å²) in [5.41, 5.74) is 1.45. The number of ether oxygens (including phenoxy) is 1. The van der Waals surface area contributed by atoms with Crippen LogP contribution in [0.5, 0.6) is 5.75 Å². The number of hydrogen-bond donors (Lipinski definition) is 2. The fraction of sp³-hybridized carbons (Fsp3) is 0.278. The third kappa shape index (κ3) is 4.37. The molecule has 0 spiro atoms. The van der Waals surface area contributed by atoms with E-state index in [4.69, 9.17) is 10.00 Å². The van der Waals surface area contributed by atoms with Crippen LogP contribution in [0.25, 0.3) is 0 Å². The maximum atomic E-state index is 12.4. The van der Waals surface area contributed by atoms with Crippen molar-refractivity contribution in [3.63, 3.8) is 0 Å². The van der Waals surface area contributed by atoms with Gasteiger partial charge in [-0.15, -0.1) is 11.3 Å². The number of nitriles is 1. The molecule has 0 saturated heterocycles. The van der Waals surface area contributed by atoms with Crippen molar-refractivity contribution in [1.29, 1.82) is 5.26 Å². The molecule has 0 atom stereocenters. The Kier molecular flexibility index (Phi) is 5.00. The summed E-state index contributed by atoms with van der Waals surface area (Å²) in [6.07, 6.45) is 1.88. The van der Waals surface area contributed by atoms with Crippen molar-refractivity contribution in [3.05, 3.63) is 40.8 Å². The molecule has 2 N–H and O–H groups in total. The highest BCUT2D eigenvalue weighted by Crippen LogP contribution is 2.33. The maximum Gasteiger partial charge on any atom is 0.266 e. The summed E-state index contributed by atoms with van der Waals surface area (Å²) in [6.45, 7) is 1.83. The van der Waals surface area contributed by atoms with Gasteiger partial charge in [0.2, 0.25) is 5.91 Å². The van der Waals surface area contributed by atoms with E-state index >= 15 is 0 Å². The molecule has 1 aromatic carbocycles. The normalized spacial score (nSPS) is 13.0. The van der Waals surface area contributed by atoms with Gasteiger partial charge in [0.05, 0.1) is 9.88 Å². The Bertz CT molecular complexity index is 832. The Hall–Kier alpha value is -2.85. The number of rotatable bonds is 6. The van der Waals surface area contributed by atoms with Crippen LogP contribution in [0.15, 0.2) is 30.3 Å². The van der Waals surface area contributed by atoms with Crippen LogP contribution in [0.2, 0.25) is 0 Å². The van der Waals surface area contributed by atoms with Gasteiger partial charge in [-0.3, -0.25) is 9.59 Å². The smallest absolute Gasteiger partial charge is 0.266 e. The number of carbonyl (C=O) groups is 2. The first-order valence-corrected chi connectivity index (χ1v) is 8.71. The molecule has 0 radical (unpaired) electrons. The van der Waals surface area contributed by atoms with E-state index in [9.17, 15) is 9.59 Å². The number of nitrogens with one attached hydrogen (secondary N) is 2. The van der Waals surface area contributed by atoms with Crippen molar-refractivity contribution in [2.75, 3.05) is 17.2 Å². The standard InChI is InChI=1S/C18H17N3O3S/c1-11-10-15(21-17(22)12-2-3-12)25-16(11)18(23)20-13-4-6-14(7-5-13)24-9-8-19/h4-7,10,12H,2-3,9H2,1H3,(H,20,23)(H,21,22). The monoisotopic (exact) mass is 355 g/mol. The SMILES string of the molecule is Cc1cc(NC(=O)C2CC2)sc1C(=O)Nc1ccc(OCC#N)cc1. The topological polar surface area (TPSA) is 91.2 Å². The molecule has 25 heavy (non-hydrogen) atoms. The number of thiophene rings is 1. The fourth-order valence-electron chi connectivity index (χ4n) is 2.28. The van der Waals surface area contributed by atoms with Gasteiger partial charge in [0.1, 0.15) is 11.8 Å². The second-order valence-electron chi connectivity index (χ2n) is 5.81. The number of amides is 2. The van der Waals surface area contributed by atoms with Gasteiger partial charge < -0.3 is 15.4 Å². The van der Waals surface area contributed by atoms with Crippen LogP contribution in [0, 0.1) is 24.2 Å². The summed E-state index contributed by atoms with van der Waals surface area (Å²) in [6, 6.07) is 10.5. The molecule has 1 aliphatic carbocycles. The van der Waals surface area contributed by atoms with Crippen LogP contribution in [0.1, 0.15) is 28.1 Å². The van der Waals surface area contributed by atoms with Crippen LogP contribution in [0.3, 0.4) is 0 Å². The molecule has 1 aliphatic rings. The molecule has 2 amide bonds. The zero-order chi connectivity index (χ0) is 17.8. The molecule has 2 aromatic rings. The summed E-state index contributed by atoms with van der Waals surface area (Å²) in [5.74, 6) is 0.500. The molecular formula is C18H17N3O3S. The molecule has 3 rings (SSSR count). The highest BCUT2D eigenvalue weighted by atomic mass is 32.1. The van der Waals surface area contributed by atoms with E-state index in [0.29, 0.717) is 21.3 Å². The summed E-state index contributed by atoms with van der Waals surface area (Å²) in [4.78, 5) is 24.8. The van der Waals surface area contributed by atoms with Crippen LogP contribution < -0.4 is 15.4 Å². The number of nitrogens with zero attached hydrogens (tertiary/aromatic N) is 1. The van der Waals surface area contributed by atoms with Gasteiger partial charge in [-0.2, -0.15) is 5.26 Å². The van der Waals surface area contributed by atoms with Gasteiger partial charge in [-0.25, -0.2) is 0 Å². The first-order valence-electron chi connectivity index (χ1n) is 7.89. The Balaban J connectivity index is 1.63. The van der Waals surface area contributed by atoms with Gasteiger partial charge in [-0.05, 0) is 55.7 Å². The summed E-state index contributed by atoms with van der Waals surface area (Å²) in [7, 11) is 0. The lowest BCUT2D eigenvalue weighted by Crippen LogP contribution is -2.12. The van der Waals surface area contributed by atoms with Crippen molar-refractivity contribution in [2.45, 2.75) is 19.8 Å². The second kappa shape index (κ2) is 7.36. The van der Waals surface area contributed by atoms with E-state index in [1.807, 2.05) is 19.1 Å². The molecule has 1 saturated carbocycles. The summed E-state index contributed by atoms with van der Waals surface area (Å²) in [5, 5.41) is 14.9. The molecule has 1 aromatic heterocycles. The highest BCUT2D eigenvalue weighted by Gasteiger charge is 2.30. The van der Waals surface area contributed by atoms with Gasteiger partial charge >= 0.3 is 0 Å². The maximum absolute atomic E-state index is 12.4. The van der Waals surface area contributed by atoms with Crippen molar-refractivity contribution in [2.24, 2.45) is 5.92 Å². The van der Waals surface area contributed by atoms with Crippen molar-refractivity contribution in [1.82, 2.24) is 0 Å². The van der Waals surface area contributed by atoms with Crippen molar-refractivity contribution >= 4 is 33.8 Å². The van der Waals surface area contributed by atoms with Gasteiger partial charge in [-0.1, -0.05) is 0 Å². The van der Waals surface area contributed by atoms with Crippen LogP contribution >= 0.6 is 11.3 Å². The first kappa shape index (κ1) is 17.0. The van der Waals surface area contributed by atoms with E-state index in [1.54, 1.807) is 24.3 Å². The largest absolute Gasteiger partial charge is 0.479 e. The number of carbonyl (C=O) groups excluding carboxylic acids is 2. The lowest BCUT2D eigenvalue weighted by molar-refractivity contribution is -0.117. The van der Waals surface area contributed by atoms with E-state index in [1.165, 1.54) is 11.3 Å². The minimum Gasteiger partial charge on any atom is -0.479 e. The minimum absolute atomic E-state index is 0.0184. The van der Waals surface area contributed by atoms with E-state index in [2.05, 4.69) is 10.6 Å². The first-order chi connectivity index (χ1) is 12.1. The molecule has 1 heterocycles. The van der Waals surface area contributed by atoms with Gasteiger partial charge in [0.25, 0.3) is 5.91 Å². The molecule has 128 valence electrons. The lowest BCUT2D eigenvalue weighted by atomic mass is 10.2. The van der Waals surface area contributed by atoms with E-state index < -0.39 is 0 Å². The number of hydrogen-bond acceptors (Lipinski definition) is 5. The number of anilines is 2. The van der Waals surface area contributed by atoms with Crippen LogP contribution in [0.4, 0.5) is 10.7 Å². The summed E-state index contributed by atoms with van der Waals surface area (Å²) < 4.78 is 5.17. The summed E-state index contributed by atoms with van der Waals surface area (Å²) >= 11 is 1.27. The number of aryl methyl sites for hydroxylation is 1. The molecule has 0 aliphatic heterocycles. The second-order valence-corrected chi connectivity index (χ2v) is 6.86. The van der Waals surface area contributed by atoms with Crippen LogP contribution in [-0.4, -0.2) is 18.4 Å². The Morgan fingerprint density at radius 1 is 1.28 bits per heavy atom. The predicted molar refractivity (Wildman–Crippen MR) is 95.9 cm³/mol. The predicted octanol–water partition coefficient (Wildman–Crippen LogP) is 3.56. The van der Waals surface area contributed by atoms with Crippen LogP contribution in [-0.2, 0) is 4.79 Å². The number of benzene rings is 1. The zero-order valence-corrected chi connectivity index (χ0v) is 14.5. The van der Waals surface area contributed by atoms with Crippen molar-refractivity contribution in [3.8, 4) is 11.8 Å². The van der Waals surface area contributed by atoms with E-state index in [-0.39, 0.29) is 24.3 Å². The third-order valence-corrected chi connectivity index (χ3v) is 4.89. The Morgan fingerprint density at radius 2 is 2.00 bits per heavy atom. The molecule has 6 nitrogen and oxygen atoms in total. The average Bonchev–Trinajstić information content (AvgIpc) is 3.38. The Morgan fingerprint density at radius 3 is 2.64 bits per heavy atom. The molecule has 0 unspecified atom stereocenters. The molecule has 1 fully saturated rings.